The van der Waals surface area contributed by atoms with Crippen LogP contribution in [-0.2, 0) is 4.79 Å². The van der Waals surface area contributed by atoms with Crippen LogP contribution in [0.5, 0.6) is 5.75 Å². The van der Waals surface area contributed by atoms with Crippen molar-refractivity contribution in [1.82, 2.24) is 10.2 Å². The molecule has 0 radical (unpaired) electrons. The van der Waals surface area contributed by atoms with Gasteiger partial charge in [-0.25, -0.2) is 0 Å². The monoisotopic (exact) mass is 366 g/mol. The normalized spacial score (nSPS) is 21.8. The molecule has 2 saturated heterocycles. The minimum Gasteiger partial charge on any atom is -0.480 e. The van der Waals surface area contributed by atoms with Crippen LogP contribution in [0, 0.1) is 5.41 Å². The number of para-hydroxylation sites is 1. The van der Waals surface area contributed by atoms with Crippen LogP contribution < -0.4 is 10.1 Å². The average Bonchev–Trinajstić information content (AvgIpc) is 2.98. The van der Waals surface area contributed by atoms with Crippen LogP contribution in [0.25, 0.3) is 0 Å². The van der Waals surface area contributed by atoms with Crippen LogP contribution in [0.1, 0.15) is 26.2 Å². The Balaban J connectivity index is 1.56. The Morgan fingerprint density at radius 3 is 2.68 bits per heavy atom. The highest BCUT2D eigenvalue weighted by atomic mass is 79.9. The first kappa shape index (κ1) is 15.8. The van der Waals surface area contributed by atoms with E-state index in [0.717, 1.165) is 49.2 Å². The molecule has 2 heterocycles. The summed E-state index contributed by atoms with van der Waals surface area (Å²) in [5.41, 5.74) is 0.434. The number of ether oxygens (including phenoxy) is 1. The molecule has 2 aliphatic heterocycles. The van der Waals surface area contributed by atoms with Gasteiger partial charge >= 0.3 is 0 Å². The molecular formula is C17H23BrN2O2. The van der Waals surface area contributed by atoms with Gasteiger partial charge in [-0.05, 0) is 66.2 Å². The van der Waals surface area contributed by atoms with Gasteiger partial charge < -0.3 is 15.0 Å². The van der Waals surface area contributed by atoms with Crippen molar-refractivity contribution in [1.29, 1.82) is 0 Å². The largest absolute Gasteiger partial charge is 0.480 e. The van der Waals surface area contributed by atoms with Crippen LogP contribution in [-0.4, -0.2) is 43.1 Å². The first-order valence-corrected chi connectivity index (χ1v) is 8.80. The van der Waals surface area contributed by atoms with Gasteiger partial charge in [0.15, 0.2) is 6.10 Å². The van der Waals surface area contributed by atoms with Gasteiger partial charge in [0.2, 0.25) is 0 Å². The summed E-state index contributed by atoms with van der Waals surface area (Å²) in [7, 11) is 0. The number of rotatable bonds is 3. The molecule has 2 aliphatic rings. The highest BCUT2D eigenvalue weighted by Gasteiger charge is 2.38. The number of hydrogen-bond donors (Lipinski definition) is 1. The Bertz CT molecular complexity index is 533. The number of carbonyl (C=O) groups excluding carboxylic acids is 1. The van der Waals surface area contributed by atoms with Gasteiger partial charge in [-0.15, -0.1) is 0 Å². The molecule has 1 unspecified atom stereocenters. The molecule has 120 valence electrons. The molecule has 1 atom stereocenters. The van der Waals surface area contributed by atoms with Crippen molar-refractivity contribution >= 4 is 21.8 Å². The molecule has 1 N–H and O–H groups in total. The number of piperidine rings is 1. The van der Waals surface area contributed by atoms with E-state index in [-0.39, 0.29) is 5.91 Å². The van der Waals surface area contributed by atoms with E-state index in [2.05, 4.69) is 21.2 Å². The Labute approximate surface area is 140 Å². The third-order valence-corrected chi connectivity index (χ3v) is 5.61. The molecule has 22 heavy (non-hydrogen) atoms. The van der Waals surface area contributed by atoms with Crippen LogP contribution in [0.4, 0.5) is 0 Å². The number of halogens is 1. The molecular weight excluding hydrogens is 344 g/mol. The minimum absolute atomic E-state index is 0.0940. The first-order chi connectivity index (χ1) is 10.6. The maximum absolute atomic E-state index is 12.6. The molecule has 1 amide bonds. The highest BCUT2D eigenvalue weighted by Crippen LogP contribution is 2.37. The van der Waals surface area contributed by atoms with E-state index in [9.17, 15) is 4.79 Å². The zero-order valence-corrected chi connectivity index (χ0v) is 14.6. The van der Waals surface area contributed by atoms with Gasteiger partial charge in [0.05, 0.1) is 4.47 Å². The van der Waals surface area contributed by atoms with E-state index in [1.54, 1.807) is 0 Å². The second-order valence-electron chi connectivity index (χ2n) is 6.44. The van der Waals surface area contributed by atoms with Gasteiger partial charge in [-0.3, -0.25) is 4.79 Å². The van der Waals surface area contributed by atoms with E-state index in [4.69, 9.17) is 4.74 Å². The lowest BCUT2D eigenvalue weighted by atomic mass is 9.78. The zero-order chi connectivity index (χ0) is 15.6. The van der Waals surface area contributed by atoms with Gasteiger partial charge in [-0.2, -0.15) is 0 Å². The molecule has 1 aromatic carbocycles. The first-order valence-electron chi connectivity index (χ1n) is 8.00. The second-order valence-corrected chi connectivity index (χ2v) is 7.30. The van der Waals surface area contributed by atoms with Crippen molar-refractivity contribution in [3.05, 3.63) is 28.7 Å². The molecule has 4 nitrogen and oxygen atoms in total. The Kier molecular flexibility index (Phi) is 4.73. The summed E-state index contributed by atoms with van der Waals surface area (Å²) in [4.78, 5) is 14.6. The number of carbonyl (C=O) groups is 1. The number of hydrogen-bond acceptors (Lipinski definition) is 3. The van der Waals surface area contributed by atoms with Gasteiger partial charge in [0.1, 0.15) is 5.75 Å². The number of nitrogens with zero attached hydrogens (tertiary/aromatic N) is 1. The number of amides is 1. The van der Waals surface area contributed by atoms with Gasteiger partial charge in [-0.1, -0.05) is 12.1 Å². The third-order valence-electron chi connectivity index (χ3n) is 4.96. The summed E-state index contributed by atoms with van der Waals surface area (Å²) in [6.45, 7) is 5.77. The Morgan fingerprint density at radius 1 is 1.32 bits per heavy atom. The highest BCUT2D eigenvalue weighted by molar-refractivity contribution is 9.10. The molecule has 1 aromatic rings. The standard InChI is InChI=1S/C17H23BrN2O2/c1-13(22-15-5-3-2-4-14(15)18)16(21)20-10-7-17(8-11-20)6-9-19-12-17/h2-5,13,19H,6-12H2,1H3. The second kappa shape index (κ2) is 6.59. The van der Waals surface area contributed by atoms with E-state index >= 15 is 0 Å². The molecule has 2 fully saturated rings. The number of benzene rings is 1. The predicted molar refractivity (Wildman–Crippen MR) is 90.0 cm³/mol. The fraction of sp³-hybridized carbons (Fsp3) is 0.588. The summed E-state index contributed by atoms with van der Waals surface area (Å²) in [5.74, 6) is 0.813. The molecule has 0 saturated carbocycles. The lowest BCUT2D eigenvalue weighted by molar-refractivity contribution is -0.140. The van der Waals surface area contributed by atoms with Gasteiger partial charge in [0, 0.05) is 19.6 Å². The lowest BCUT2D eigenvalue weighted by Crippen LogP contribution is -2.48. The fourth-order valence-electron chi connectivity index (χ4n) is 3.46. The predicted octanol–water partition coefficient (Wildman–Crippen LogP) is 2.82. The van der Waals surface area contributed by atoms with E-state index in [1.807, 2.05) is 36.1 Å². The summed E-state index contributed by atoms with van der Waals surface area (Å²) in [5, 5.41) is 3.46. The van der Waals surface area contributed by atoms with E-state index in [1.165, 1.54) is 6.42 Å². The zero-order valence-electron chi connectivity index (χ0n) is 13.0. The van der Waals surface area contributed by atoms with Crippen LogP contribution in [0.2, 0.25) is 0 Å². The van der Waals surface area contributed by atoms with Crippen molar-refractivity contribution in [2.45, 2.75) is 32.3 Å². The topological polar surface area (TPSA) is 41.6 Å². The molecule has 0 aromatic heterocycles. The number of nitrogens with one attached hydrogen (secondary N) is 1. The molecule has 3 rings (SSSR count). The van der Waals surface area contributed by atoms with Crippen molar-refractivity contribution in [3.63, 3.8) is 0 Å². The van der Waals surface area contributed by atoms with Crippen molar-refractivity contribution in [3.8, 4) is 5.75 Å². The SMILES string of the molecule is CC(Oc1ccccc1Br)C(=O)N1CCC2(CCNC2)CC1. The Morgan fingerprint density at radius 2 is 2.05 bits per heavy atom. The quantitative estimate of drug-likeness (QED) is 0.893. The maximum Gasteiger partial charge on any atom is 0.263 e. The van der Waals surface area contributed by atoms with Crippen molar-refractivity contribution in [2.24, 2.45) is 5.41 Å². The smallest absolute Gasteiger partial charge is 0.263 e. The van der Waals surface area contributed by atoms with Crippen LogP contribution in [0.3, 0.4) is 0 Å². The van der Waals surface area contributed by atoms with E-state index < -0.39 is 6.10 Å². The van der Waals surface area contributed by atoms with Gasteiger partial charge in [0.25, 0.3) is 5.91 Å². The maximum atomic E-state index is 12.6. The lowest BCUT2D eigenvalue weighted by Gasteiger charge is -2.39. The van der Waals surface area contributed by atoms with Crippen LogP contribution >= 0.6 is 15.9 Å². The third kappa shape index (κ3) is 3.30. The van der Waals surface area contributed by atoms with Crippen molar-refractivity contribution in [2.75, 3.05) is 26.2 Å². The number of likely N-dealkylation sites (tertiary alicyclic amines) is 1. The molecule has 0 aliphatic carbocycles. The molecule has 1 spiro atoms. The molecule has 0 bridgehead atoms. The summed E-state index contributed by atoms with van der Waals surface area (Å²) in [6.07, 6.45) is 3.01. The van der Waals surface area contributed by atoms with Crippen LogP contribution in [0.15, 0.2) is 28.7 Å². The summed E-state index contributed by atoms with van der Waals surface area (Å²) < 4.78 is 6.71. The summed E-state index contributed by atoms with van der Waals surface area (Å²) in [6, 6.07) is 7.64. The van der Waals surface area contributed by atoms with E-state index in [0.29, 0.717) is 5.41 Å². The summed E-state index contributed by atoms with van der Waals surface area (Å²) >= 11 is 3.45. The van der Waals surface area contributed by atoms with Crippen molar-refractivity contribution < 1.29 is 9.53 Å². The molecule has 5 heteroatoms. The fourth-order valence-corrected chi connectivity index (χ4v) is 3.84. The minimum atomic E-state index is -0.450. The average molecular weight is 367 g/mol. The Hall–Kier alpha value is -1.07.